The zero-order valence-corrected chi connectivity index (χ0v) is 19.8. The number of hydrogen-bond donors (Lipinski definition) is 3. The molecular weight excluding hydrogens is 438 g/mol. The molecule has 0 spiro atoms. The van der Waals surface area contributed by atoms with Crippen LogP contribution in [0.4, 0.5) is 0 Å². The van der Waals surface area contributed by atoms with Gasteiger partial charge in [0.2, 0.25) is 5.91 Å². The van der Waals surface area contributed by atoms with Crippen molar-refractivity contribution in [1.82, 2.24) is 15.5 Å². The Morgan fingerprint density at radius 2 is 1.94 bits per heavy atom. The SMILES string of the molecule is CC1(CC(NC(=O)c2ccc(O)c(CN3CCOCC3)c2)C(=O)NC2COCC2=O)CCCC1. The second-order valence-electron chi connectivity index (χ2n) is 10.0. The van der Waals surface area contributed by atoms with Crippen molar-refractivity contribution in [3.05, 3.63) is 29.3 Å². The number of aromatic hydroxyl groups is 1. The van der Waals surface area contributed by atoms with Crippen molar-refractivity contribution in [2.45, 2.75) is 57.7 Å². The fraction of sp³-hybridized carbons (Fsp3) is 0.640. The Labute approximate surface area is 200 Å². The molecule has 2 atom stereocenters. The number of benzene rings is 1. The molecule has 2 aliphatic heterocycles. The highest BCUT2D eigenvalue weighted by Crippen LogP contribution is 2.41. The van der Waals surface area contributed by atoms with Crippen LogP contribution in [0.2, 0.25) is 0 Å². The fourth-order valence-corrected chi connectivity index (χ4v) is 5.10. The van der Waals surface area contributed by atoms with Gasteiger partial charge in [-0.15, -0.1) is 0 Å². The van der Waals surface area contributed by atoms with Crippen molar-refractivity contribution in [3.63, 3.8) is 0 Å². The highest BCUT2D eigenvalue weighted by atomic mass is 16.5. The molecule has 2 unspecified atom stereocenters. The molecule has 3 N–H and O–H groups in total. The summed E-state index contributed by atoms with van der Waals surface area (Å²) in [6.45, 7) is 5.64. The molecule has 186 valence electrons. The second kappa shape index (κ2) is 10.8. The number of phenolic OH excluding ortho intramolecular Hbond substituents is 1. The maximum Gasteiger partial charge on any atom is 0.251 e. The van der Waals surface area contributed by atoms with Gasteiger partial charge in [0.05, 0.1) is 19.8 Å². The van der Waals surface area contributed by atoms with E-state index in [2.05, 4.69) is 22.5 Å². The van der Waals surface area contributed by atoms with Gasteiger partial charge in [-0.3, -0.25) is 19.3 Å². The lowest BCUT2D eigenvalue weighted by Crippen LogP contribution is -2.52. The molecule has 9 nitrogen and oxygen atoms in total. The maximum absolute atomic E-state index is 13.2. The minimum Gasteiger partial charge on any atom is -0.508 e. The van der Waals surface area contributed by atoms with Crippen molar-refractivity contribution < 1.29 is 29.0 Å². The van der Waals surface area contributed by atoms with Crippen molar-refractivity contribution >= 4 is 17.6 Å². The van der Waals surface area contributed by atoms with Gasteiger partial charge in [-0.2, -0.15) is 0 Å². The van der Waals surface area contributed by atoms with Gasteiger partial charge in [0, 0.05) is 30.8 Å². The molecule has 4 rings (SSSR count). The first-order chi connectivity index (χ1) is 16.3. The summed E-state index contributed by atoms with van der Waals surface area (Å²) >= 11 is 0. The average molecular weight is 474 g/mol. The number of morpholine rings is 1. The third-order valence-electron chi connectivity index (χ3n) is 7.20. The molecular formula is C25H35N3O6. The molecule has 34 heavy (non-hydrogen) atoms. The normalized spacial score (nSPS) is 23.6. The van der Waals surface area contributed by atoms with Crippen LogP contribution in [-0.2, 0) is 25.6 Å². The van der Waals surface area contributed by atoms with E-state index in [0.29, 0.717) is 37.3 Å². The summed E-state index contributed by atoms with van der Waals surface area (Å²) in [5, 5.41) is 16.0. The molecule has 0 bridgehead atoms. The lowest BCUT2D eigenvalue weighted by Gasteiger charge is -2.30. The molecule has 1 aromatic carbocycles. The minimum absolute atomic E-state index is 0.000877. The Bertz CT molecular complexity index is 908. The number of carbonyl (C=O) groups excluding carboxylic acids is 3. The Morgan fingerprint density at radius 3 is 2.62 bits per heavy atom. The largest absolute Gasteiger partial charge is 0.508 e. The average Bonchev–Trinajstić information content (AvgIpc) is 3.43. The van der Waals surface area contributed by atoms with Gasteiger partial charge in [0.1, 0.15) is 24.4 Å². The zero-order chi connectivity index (χ0) is 24.1. The van der Waals surface area contributed by atoms with Gasteiger partial charge in [0.15, 0.2) is 5.78 Å². The number of ketones is 1. The van der Waals surface area contributed by atoms with E-state index in [1.165, 1.54) is 6.07 Å². The molecule has 1 aromatic rings. The van der Waals surface area contributed by atoms with Gasteiger partial charge in [0.25, 0.3) is 5.91 Å². The first kappa shape index (κ1) is 24.6. The first-order valence-electron chi connectivity index (χ1n) is 12.2. The molecule has 0 aromatic heterocycles. The van der Waals surface area contributed by atoms with Crippen LogP contribution >= 0.6 is 0 Å². The molecule has 2 heterocycles. The summed E-state index contributed by atoms with van der Waals surface area (Å²) in [4.78, 5) is 40.4. The van der Waals surface area contributed by atoms with Gasteiger partial charge in [-0.1, -0.05) is 19.8 Å². The third kappa shape index (κ3) is 6.14. The van der Waals surface area contributed by atoms with E-state index >= 15 is 0 Å². The Morgan fingerprint density at radius 1 is 1.21 bits per heavy atom. The number of nitrogens with one attached hydrogen (secondary N) is 2. The number of amides is 2. The molecule has 3 aliphatic rings. The predicted molar refractivity (Wildman–Crippen MR) is 124 cm³/mol. The number of Topliss-reactive ketones (excluding diaryl/α,β-unsaturated/α-hetero) is 1. The number of nitrogens with zero attached hydrogens (tertiary/aromatic N) is 1. The van der Waals surface area contributed by atoms with Gasteiger partial charge in [-0.25, -0.2) is 0 Å². The quantitative estimate of drug-likeness (QED) is 0.522. The second-order valence-corrected chi connectivity index (χ2v) is 10.0. The molecule has 1 saturated carbocycles. The van der Waals surface area contributed by atoms with E-state index in [9.17, 15) is 19.5 Å². The summed E-state index contributed by atoms with van der Waals surface area (Å²) in [5.41, 5.74) is 1.00. The molecule has 2 saturated heterocycles. The lowest BCUT2D eigenvalue weighted by molar-refractivity contribution is -0.127. The van der Waals surface area contributed by atoms with E-state index in [4.69, 9.17) is 9.47 Å². The van der Waals surface area contributed by atoms with Crippen molar-refractivity contribution in [2.75, 3.05) is 39.5 Å². The van der Waals surface area contributed by atoms with Crippen LogP contribution in [0.15, 0.2) is 18.2 Å². The number of carbonyl (C=O) groups is 3. The number of phenols is 1. The van der Waals surface area contributed by atoms with E-state index in [1.807, 2.05) is 0 Å². The molecule has 2 amide bonds. The Balaban J connectivity index is 1.47. The molecule has 1 aliphatic carbocycles. The van der Waals surface area contributed by atoms with Crippen LogP contribution in [0.25, 0.3) is 0 Å². The predicted octanol–water partition coefficient (Wildman–Crippen LogP) is 1.38. The number of hydrogen-bond acceptors (Lipinski definition) is 7. The van der Waals surface area contributed by atoms with Gasteiger partial charge >= 0.3 is 0 Å². The molecule has 3 fully saturated rings. The summed E-state index contributed by atoms with van der Waals surface area (Å²) in [6, 6.07) is 3.33. The highest BCUT2D eigenvalue weighted by molar-refractivity contribution is 5.99. The zero-order valence-electron chi connectivity index (χ0n) is 19.8. The monoisotopic (exact) mass is 473 g/mol. The summed E-state index contributed by atoms with van der Waals surface area (Å²) in [6.07, 6.45) is 4.72. The topological polar surface area (TPSA) is 117 Å². The summed E-state index contributed by atoms with van der Waals surface area (Å²) in [5.74, 6) is -0.760. The Kier molecular flexibility index (Phi) is 7.85. The summed E-state index contributed by atoms with van der Waals surface area (Å²) < 4.78 is 10.5. The van der Waals surface area contributed by atoms with Crippen LogP contribution in [-0.4, -0.2) is 79.2 Å². The standard InChI is InChI=1S/C25H35N3O6/c1-25(6-2-3-7-25)13-19(24(32)27-20-15-34-16-22(20)30)26-23(31)17-4-5-21(29)18(12-17)14-28-8-10-33-11-9-28/h4-5,12,19-20,29H,2-3,6-11,13-16H2,1H3,(H,26,31)(H,27,32). The van der Waals surface area contributed by atoms with Crippen molar-refractivity contribution in [2.24, 2.45) is 5.41 Å². The molecule has 9 heteroatoms. The third-order valence-corrected chi connectivity index (χ3v) is 7.20. The fourth-order valence-electron chi connectivity index (χ4n) is 5.10. The number of rotatable bonds is 8. The van der Waals surface area contributed by atoms with E-state index in [-0.39, 0.29) is 42.0 Å². The smallest absolute Gasteiger partial charge is 0.251 e. The van der Waals surface area contributed by atoms with Crippen molar-refractivity contribution in [1.29, 1.82) is 0 Å². The van der Waals surface area contributed by atoms with E-state index in [0.717, 1.165) is 38.8 Å². The van der Waals surface area contributed by atoms with E-state index < -0.39 is 12.1 Å². The van der Waals surface area contributed by atoms with Crippen LogP contribution in [0.3, 0.4) is 0 Å². The van der Waals surface area contributed by atoms with Crippen LogP contribution in [0.5, 0.6) is 5.75 Å². The van der Waals surface area contributed by atoms with Gasteiger partial charge in [-0.05, 0) is 42.9 Å². The number of ether oxygens (including phenoxy) is 2. The van der Waals surface area contributed by atoms with Crippen LogP contribution in [0, 0.1) is 5.41 Å². The first-order valence-corrected chi connectivity index (χ1v) is 12.2. The molecule has 0 radical (unpaired) electrons. The summed E-state index contributed by atoms with van der Waals surface area (Å²) in [7, 11) is 0. The Hall–Kier alpha value is -2.49. The maximum atomic E-state index is 13.2. The van der Waals surface area contributed by atoms with Gasteiger partial charge < -0.3 is 25.2 Å². The van der Waals surface area contributed by atoms with Crippen LogP contribution < -0.4 is 10.6 Å². The van der Waals surface area contributed by atoms with E-state index in [1.54, 1.807) is 12.1 Å². The minimum atomic E-state index is -0.763. The van der Waals surface area contributed by atoms with Crippen LogP contribution in [0.1, 0.15) is 54.9 Å². The lowest BCUT2D eigenvalue weighted by atomic mass is 9.81. The van der Waals surface area contributed by atoms with Crippen molar-refractivity contribution in [3.8, 4) is 5.75 Å². The highest BCUT2D eigenvalue weighted by Gasteiger charge is 2.37.